The molecule has 0 atom stereocenters. The van der Waals surface area contributed by atoms with Crippen molar-refractivity contribution in [3.8, 4) is 22.8 Å². The van der Waals surface area contributed by atoms with E-state index in [1.54, 1.807) is 32.2 Å². The Bertz CT molecular complexity index is 1050. The number of pyridine rings is 1. The van der Waals surface area contributed by atoms with Crippen LogP contribution in [0.4, 0.5) is 13.2 Å². The number of carbonyl (C=O) groups is 1. The Hall–Kier alpha value is -2.79. The third-order valence-corrected chi connectivity index (χ3v) is 6.33. The zero-order chi connectivity index (χ0) is 23.4. The van der Waals surface area contributed by atoms with Gasteiger partial charge in [-0.05, 0) is 37.6 Å². The van der Waals surface area contributed by atoms with Crippen molar-refractivity contribution < 1.29 is 32.5 Å². The smallest absolute Gasteiger partial charge is 0.480 e. The van der Waals surface area contributed by atoms with Crippen molar-refractivity contribution in [1.29, 1.82) is 0 Å². The van der Waals surface area contributed by atoms with Gasteiger partial charge in [-0.3, -0.25) is 4.79 Å². The molecule has 0 radical (unpaired) electrons. The number of carboxylic acids is 1. The molecular weight excluding hydrogens is 465 g/mol. The molecule has 6 nitrogen and oxygen atoms in total. The van der Waals surface area contributed by atoms with Crippen molar-refractivity contribution in [3.63, 3.8) is 0 Å². The van der Waals surface area contributed by atoms with Crippen LogP contribution in [0.25, 0.3) is 11.1 Å². The standard InChI is InChI=1S/C21H19F3N2O4S2/c1-20(2,18(27)28)32-19-26-15(12-31-19)9-10-29-17-8-5-14(11-25-17)13-3-6-16(7-4-13)30-21(22,23)24/h3-8,11-12H,9-10H2,1-2H3,(H,27,28). The molecule has 0 aliphatic rings. The van der Waals surface area contributed by atoms with Crippen molar-refractivity contribution in [3.05, 3.63) is 53.7 Å². The zero-order valence-electron chi connectivity index (χ0n) is 17.0. The van der Waals surface area contributed by atoms with Gasteiger partial charge in [0, 0.05) is 29.6 Å². The Morgan fingerprint density at radius 1 is 1.12 bits per heavy atom. The van der Waals surface area contributed by atoms with Crippen LogP contribution in [-0.4, -0.2) is 38.8 Å². The fourth-order valence-electron chi connectivity index (χ4n) is 2.46. The van der Waals surface area contributed by atoms with Crippen LogP contribution in [0.15, 0.2) is 52.3 Å². The summed E-state index contributed by atoms with van der Waals surface area (Å²) in [6.07, 6.45) is -2.62. The molecule has 32 heavy (non-hydrogen) atoms. The van der Waals surface area contributed by atoms with Gasteiger partial charge in [-0.1, -0.05) is 23.9 Å². The van der Waals surface area contributed by atoms with Crippen LogP contribution in [0.1, 0.15) is 19.5 Å². The maximum absolute atomic E-state index is 12.2. The average molecular weight is 485 g/mol. The predicted molar refractivity (Wildman–Crippen MR) is 115 cm³/mol. The molecule has 0 bridgehead atoms. The minimum atomic E-state index is -4.73. The summed E-state index contributed by atoms with van der Waals surface area (Å²) in [4.78, 5) is 19.9. The largest absolute Gasteiger partial charge is 0.573 e. The van der Waals surface area contributed by atoms with E-state index in [1.165, 1.54) is 47.4 Å². The number of alkyl halides is 3. The molecule has 2 aromatic heterocycles. The lowest BCUT2D eigenvalue weighted by Crippen LogP contribution is -2.26. The minimum Gasteiger partial charge on any atom is -0.480 e. The number of hydrogen-bond donors (Lipinski definition) is 1. The number of aromatic nitrogens is 2. The first-order valence-corrected chi connectivity index (χ1v) is 11.0. The molecule has 0 aliphatic carbocycles. The molecule has 0 fully saturated rings. The maximum atomic E-state index is 12.2. The highest BCUT2D eigenvalue weighted by Crippen LogP contribution is 2.34. The van der Waals surface area contributed by atoms with Crippen molar-refractivity contribution in [2.45, 2.75) is 35.7 Å². The summed E-state index contributed by atoms with van der Waals surface area (Å²) in [7, 11) is 0. The molecule has 3 aromatic rings. The first-order chi connectivity index (χ1) is 15.0. The van der Waals surface area contributed by atoms with Crippen LogP contribution >= 0.6 is 23.1 Å². The number of carboxylic acid groups (broad SMARTS) is 1. The topological polar surface area (TPSA) is 81.5 Å². The van der Waals surface area contributed by atoms with Gasteiger partial charge in [-0.25, -0.2) is 9.97 Å². The second-order valence-electron chi connectivity index (χ2n) is 7.08. The fourth-order valence-corrected chi connectivity index (χ4v) is 4.68. The monoisotopic (exact) mass is 484 g/mol. The van der Waals surface area contributed by atoms with Crippen molar-refractivity contribution >= 4 is 29.1 Å². The van der Waals surface area contributed by atoms with E-state index in [-0.39, 0.29) is 5.75 Å². The molecule has 0 unspecified atom stereocenters. The van der Waals surface area contributed by atoms with Crippen molar-refractivity contribution in [2.75, 3.05) is 6.61 Å². The third kappa shape index (κ3) is 6.86. The van der Waals surface area contributed by atoms with Gasteiger partial charge in [0.2, 0.25) is 5.88 Å². The molecule has 0 spiro atoms. The first-order valence-electron chi connectivity index (χ1n) is 9.34. The molecule has 3 rings (SSSR count). The SMILES string of the molecule is CC(C)(Sc1nc(CCOc2ccc(-c3ccc(OC(F)(F)F)cc3)cn2)cs1)C(=O)O. The Kier molecular flexibility index (Phi) is 7.29. The lowest BCUT2D eigenvalue weighted by atomic mass is 10.1. The molecular formula is C21H19F3N2O4S2. The highest BCUT2D eigenvalue weighted by molar-refractivity contribution is 8.02. The number of thioether (sulfide) groups is 1. The van der Waals surface area contributed by atoms with E-state index < -0.39 is 17.1 Å². The van der Waals surface area contributed by atoms with Crippen LogP contribution in [-0.2, 0) is 11.2 Å². The maximum Gasteiger partial charge on any atom is 0.573 e. The van der Waals surface area contributed by atoms with E-state index >= 15 is 0 Å². The molecule has 2 heterocycles. The lowest BCUT2D eigenvalue weighted by molar-refractivity contribution is -0.274. The van der Waals surface area contributed by atoms with E-state index in [4.69, 9.17) is 4.74 Å². The Balaban J connectivity index is 1.51. The van der Waals surface area contributed by atoms with E-state index in [1.807, 2.05) is 5.38 Å². The van der Waals surface area contributed by atoms with E-state index in [0.29, 0.717) is 28.8 Å². The number of benzene rings is 1. The summed E-state index contributed by atoms with van der Waals surface area (Å²) >= 11 is 2.59. The summed E-state index contributed by atoms with van der Waals surface area (Å²) in [6.45, 7) is 3.60. The van der Waals surface area contributed by atoms with Gasteiger partial charge in [0.15, 0.2) is 4.34 Å². The van der Waals surface area contributed by atoms with Gasteiger partial charge < -0.3 is 14.6 Å². The number of rotatable bonds is 9. The van der Waals surface area contributed by atoms with Crippen molar-refractivity contribution in [2.24, 2.45) is 0 Å². The summed E-state index contributed by atoms with van der Waals surface area (Å²) < 4.78 is 45.9. The molecule has 0 amide bonds. The van der Waals surface area contributed by atoms with E-state index in [0.717, 1.165) is 11.3 Å². The van der Waals surface area contributed by atoms with Gasteiger partial charge in [-0.15, -0.1) is 24.5 Å². The summed E-state index contributed by atoms with van der Waals surface area (Å²) in [6, 6.07) is 8.95. The van der Waals surface area contributed by atoms with Crippen LogP contribution in [0.3, 0.4) is 0 Å². The van der Waals surface area contributed by atoms with Crippen LogP contribution in [0.2, 0.25) is 0 Å². The number of halogens is 3. The number of nitrogens with zero attached hydrogens (tertiary/aromatic N) is 2. The molecule has 170 valence electrons. The molecule has 11 heteroatoms. The molecule has 1 N–H and O–H groups in total. The quantitative estimate of drug-likeness (QED) is 0.391. The second-order valence-corrected chi connectivity index (χ2v) is 9.81. The van der Waals surface area contributed by atoms with Gasteiger partial charge in [-0.2, -0.15) is 0 Å². The molecule has 0 aliphatic heterocycles. The van der Waals surface area contributed by atoms with E-state index in [9.17, 15) is 23.1 Å². The minimum absolute atomic E-state index is 0.288. The van der Waals surface area contributed by atoms with Crippen LogP contribution in [0, 0.1) is 0 Å². The number of aliphatic carboxylic acids is 1. The highest BCUT2D eigenvalue weighted by atomic mass is 32.2. The predicted octanol–water partition coefficient (Wildman–Crippen LogP) is 5.68. The number of ether oxygens (including phenoxy) is 2. The van der Waals surface area contributed by atoms with E-state index in [2.05, 4.69) is 14.7 Å². The third-order valence-electron chi connectivity index (χ3n) is 4.15. The summed E-state index contributed by atoms with van der Waals surface area (Å²) in [5.41, 5.74) is 2.21. The van der Waals surface area contributed by atoms with Gasteiger partial charge >= 0.3 is 12.3 Å². The Morgan fingerprint density at radius 2 is 1.81 bits per heavy atom. The molecule has 0 saturated heterocycles. The fraction of sp³-hybridized carbons (Fsp3) is 0.286. The first kappa shape index (κ1) is 23.9. The second kappa shape index (κ2) is 9.78. The lowest BCUT2D eigenvalue weighted by Gasteiger charge is -2.15. The number of hydrogen-bond acceptors (Lipinski definition) is 7. The summed E-state index contributed by atoms with van der Waals surface area (Å²) in [5.74, 6) is -0.783. The van der Waals surface area contributed by atoms with Crippen molar-refractivity contribution in [1.82, 2.24) is 9.97 Å². The Morgan fingerprint density at radius 3 is 2.41 bits per heavy atom. The van der Waals surface area contributed by atoms with Crippen LogP contribution < -0.4 is 9.47 Å². The van der Waals surface area contributed by atoms with Crippen LogP contribution in [0.5, 0.6) is 11.6 Å². The van der Waals surface area contributed by atoms with Gasteiger partial charge in [0.1, 0.15) is 10.5 Å². The summed E-state index contributed by atoms with van der Waals surface area (Å²) in [5, 5.41) is 11.1. The molecule has 1 aromatic carbocycles. The average Bonchev–Trinajstić information content (AvgIpc) is 3.14. The highest BCUT2D eigenvalue weighted by Gasteiger charge is 2.31. The number of thiazole rings is 1. The molecule has 0 saturated carbocycles. The zero-order valence-corrected chi connectivity index (χ0v) is 18.7. The van der Waals surface area contributed by atoms with Gasteiger partial charge in [0.05, 0.1) is 12.3 Å². The Labute approximate surface area is 190 Å². The van der Waals surface area contributed by atoms with Gasteiger partial charge in [0.25, 0.3) is 0 Å². The normalized spacial score (nSPS) is 11.9.